The summed E-state index contributed by atoms with van der Waals surface area (Å²) in [4.78, 5) is 0.00380. The molecule has 0 saturated heterocycles. The van der Waals surface area contributed by atoms with Gasteiger partial charge in [-0.15, -0.1) is 0 Å². The molecule has 0 saturated carbocycles. The largest absolute Gasteiger partial charge is 0.316 e. The zero-order valence-electron chi connectivity index (χ0n) is 11.2. The Morgan fingerprint density at radius 1 is 1.14 bits per heavy atom. The van der Waals surface area contributed by atoms with Crippen LogP contribution in [0.2, 0.25) is 5.02 Å². The van der Waals surface area contributed by atoms with E-state index in [0.29, 0.717) is 10.7 Å². The zero-order chi connectivity index (χ0) is 15.5. The third-order valence-electron chi connectivity index (χ3n) is 2.79. The minimum Gasteiger partial charge on any atom is -0.316 e. The van der Waals surface area contributed by atoms with Gasteiger partial charge >= 0.3 is 0 Å². The number of rotatable bonds is 5. The van der Waals surface area contributed by atoms with Gasteiger partial charge in [0.05, 0.1) is 4.90 Å². The number of nitrogens with one attached hydrogen (secondary N) is 2. The maximum absolute atomic E-state index is 13.5. The molecular weight excluding hydrogens is 315 g/mol. The van der Waals surface area contributed by atoms with Gasteiger partial charge in [0.2, 0.25) is 0 Å². The SMILES string of the molecule is CNCc1cc(S(=O)(=O)Nc2ccc(Cl)cc2)ccc1F. The summed E-state index contributed by atoms with van der Waals surface area (Å²) in [6, 6.07) is 9.95. The van der Waals surface area contributed by atoms with Crippen LogP contribution in [0.25, 0.3) is 0 Å². The van der Waals surface area contributed by atoms with E-state index >= 15 is 0 Å². The summed E-state index contributed by atoms with van der Waals surface area (Å²) in [7, 11) is -2.11. The van der Waals surface area contributed by atoms with Crippen LogP contribution in [0.4, 0.5) is 10.1 Å². The van der Waals surface area contributed by atoms with E-state index in [0.717, 1.165) is 6.07 Å². The predicted molar refractivity (Wildman–Crippen MR) is 81.4 cm³/mol. The van der Waals surface area contributed by atoms with E-state index in [4.69, 9.17) is 11.6 Å². The standard InChI is InChI=1S/C14H14ClFN2O2S/c1-17-9-10-8-13(6-7-14(10)16)21(19,20)18-12-4-2-11(15)3-5-12/h2-8,17-18H,9H2,1H3. The van der Waals surface area contributed by atoms with Crippen molar-refractivity contribution in [3.8, 4) is 0 Å². The second-order valence-electron chi connectivity index (χ2n) is 4.40. The molecule has 2 rings (SSSR count). The second kappa shape index (κ2) is 6.43. The summed E-state index contributed by atoms with van der Waals surface area (Å²) in [5.74, 6) is -0.449. The summed E-state index contributed by atoms with van der Waals surface area (Å²) >= 11 is 5.75. The molecule has 0 aliphatic carbocycles. The van der Waals surface area contributed by atoms with Gasteiger partial charge in [-0.1, -0.05) is 11.6 Å². The average molecular weight is 329 g/mol. The summed E-state index contributed by atoms with van der Waals surface area (Å²) < 4.78 is 40.5. The highest BCUT2D eigenvalue weighted by atomic mass is 35.5. The van der Waals surface area contributed by atoms with Crippen molar-refractivity contribution in [3.05, 3.63) is 58.9 Å². The first-order valence-electron chi connectivity index (χ1n) is 6.14. The fourth-order valence-corrected chi connectivity index (χ4v) is 3.01. The lowest BCUT2D eigenvalue weighted by molar-refractivity contribution is 0.592. The van der Waals surface area contributed by atoms with Gasteiger partial charge in [-0.2, -0.15) is 0 Å². The van der Waals surface area contributed by atoms with Gasteiger partial charge in [-0.05, 0) is 49.5 Å². The Morgan fingerprint density at radius 3 is 2.43 bits per heavy atom. The Balaban J connectivity index is 2.31. The molecule has 0 aliphatic rings. The fraction of sp³-hybridized carbons (Fsp3) is 0.143. The van der Waals surface area contributed by atoms with Crippen LogP contribution in [0, 0.1) is 5.82 Å². The highest BCUT2D eigenvalue weighted by molar-refractivity contribution is 7.92. The monoisotopic (exact) mass is 328 g/mol. The van der Waals surface area contributed by atoms with Crippen molar-refractivity contribution in [3.63, 3.8) is 0 Å². The van der Waals surface area contributed by atoms with E-state index in [1.54, 1.807) is 31.3 Å². The molecule has 0 fully saturated rings. The van der Waals surface area contributed by atoms with Crippen LogP contribution in [-0.2, 0) is 16.6 Å². The molecule has 2 aromatic rings. The van der Waals surface area contributed by atoms with Gasteiger partial charge in [0, 0.05) is 22.8 Å². The minimum atomic E-state index is -3.77. The van der Waals surface area contributed by atoms with Gasteiger partial charge in [-0.3, -0.25) is 4.72 Å². The Hall–Kier alpha value is -1.63. The van der Waals surface area contributed by atoms with Crippen LogP contribution in [0.3, 0.4) is 0 Å². The summed E-state index contributed by atoms with van der Waals surface area (Å²) in [5, 5.41) is 3.30. The normalized spacial score (nSPS) is 11.4. The molecule has 0 heterocycles. The Bertz CT molecular complexity index is 733. The highest BCUT2D eigenvalue weighted by Crippen LogP contribution is 2.20. The predicted octanol–water partition coefficient (Wildman–Crippen LogP) is 3.00. The fourth-order valence-electron chi connectivity index (χ4n) is 1.78. The smallest absolute Gasteiger partial charge is 0.261 e. The lowest BCUT2D eigenvalue weighted by Gasteiger charge is -2.10. The van der Waals surface area contributed by atoms with Gasteiger partial charge < -0.3 is 5.32 Å². The number of sulfonamides is 1. The van der Waals surface area contributed by atoms with Crippen molar-refractivity contribution >= 4 is 27.3 Å². The van der Waals surface area contributed by atoms with Gasteiger partial charge in [0.1, 0.15) is 5.82 Å². The Kier molecular flexibility index (Phi) is 4.82. The first-order valence-corrected chi connectivity index (χ1v) is 8.00. The molecule has 4 nitrogen and oxygen atoms in total. The second-order valence-corrected chi connectivity index (χ2v) is 6.51. The molecule has 2 N–H and O–H groups in total. The molecule has 0 unspecified atom stereocenters. The van der Waals surface area contributed by atoms with Gasteiger partial charge in [0.25, 0.3) is 10.0 Å². The van der Waals surface area contributed by atoms with Crippen LogP contribution >= 0.6 is 11.6 Å². The van der Waals surface area contributed by atoms with Crippen LogP contribution < -0.4 is 10.0 Å². The van der Waals surface area contributed by atoms with Crippen molar-refractivity contribution in [1.29, 1.82) is 0 Å². The molecule has 112 valence electrons. The molecular formula is C14H14ClFN2O2S. The maximum atomic E-state index is 13.5. The third kappa shape index (κ3) is 3.93. The topological polar surface area (TPSA) is 58.2 Å². The van der Waals surface area contributed by atoms with E-state index < -0.39 is 15.8 Å². The van der Waals surface area contributed by atoms with E-state index in [9.17, 15) is 12.8 Å². The van der Waals surface area contributed by atoms with Gasteiger partial charge in [-0.25, -0.2) is 12.8 Å². The molecule has 0 amide bonds. The molecule has 0 spiro atoms. The summed E-state index contributed by atoms with van der Waals surface area (Å²) in [6.07, 6.45) is 0. The quantitative estimate of drug-likeness (QED) is 0.887. The number of halogens is 2. The maximum Gasteiger partial charge on any atom is 0.261 e. The van der Waals surface area contributed by atoms with Crippen molar-refractivity contribution in [1.82, 2.24) is 5.32 Å². The number of hydrogen-bond acceptors (Lipinski definition) is 3. The molecule has 0 radical (unpaired) electrons. The van der Waals surface area contributed by atoms with Crippen molar-refractivity contribution in [2.24, 2.45) is 0 Å². The van der Waals surface area contributed by atoms with Gasteiger partial charge in [0.15, 0.2) is 0 Å². The molecule has 0 atom stereocenters. The molecule has 7 heteroatoms. The minimum absolute atomic E-state index is 0.00380. The third-order valence-corrected chi connectivity index (χ3v) is 4.42. The lowest BCUT2D eigenvalue weighted by Crippen LogP contribution is -2.14. The number of benzene rings is 2. The first kappa shape index (κ1) is 15.8. The van der Waals surface area contributed by atoms with E-state index in [1.807, 2.05) is 0 Å². The number of anilines is 1. The van der Waals surface area contributed by atoms with Crippen molar-refractivity contribution in [2.75, 3.05) is 11.8 Å². The van der Waals surface area contributed by atoms with Crippen LogP contribution in [0.1, 0.15) is 5.56 Å². The van der Waals surface area contributed by atoms with Crippen LogP contribution in [-0.4, -0.2) is 15.5 Å². The van der Waals surface area contributed by atoms with Crippen molar-refractivity contribution in [2.45, 2.75) is 11.4 Å². The molecule has 21 heavy (non-hydrogen) atoms. The molecule has 0 aromatic heterocycles. The summed E-state index contributed by atoms with van der Waals surface area (Å²) in [5.41, 5.74) is 0.676. The average Bonchev–Trinajstić information content (AvgIpc) is 2.43. The Labute approximate surface area is 128 Å². The number of hydrogen-bond donors (Lipinski definition) is 2. The van der Waals surface area contributed by atoms with E-state index in [1.165, 1.54) is 12.1 Å². The Morgan fingerprint density at radius 2 is 1.81 bits per heavy atom. The van der Waals surface area contributed by atoms with E-state index in [2.05, 4.69) is 10.0 Å². The lowest BCUT2D eigenvalue weighted by atomic mass is 10.2. The van der Waals surface area contributed by atoms with E-state index in [-0.39, 0.29) is 17.0 Å². The molecule has 0 bridgehead atoms. The van der Waals surface area contributed by atoms with Crippen molar-refractivity contribution < 1.29 is 12.8 Å². The van der Waals surface area contributed by atoms with Crippen LogP contribution in [0.5, 0.6) is 0 Å². The molecule has 2 aromatic carbocycles. The summed E-state index contributed by atoms with van der Waals surface area (Å²) in [6.45, 7) is 0.246. The van der Waals surface area contributed by atoms with Crippen LogP contribution in [0.15, 0.2) is 47.4 Å². The highest BCUT2D eigenvalue weighted by Gasteiger charge is 2.16. The molecule has 0 aliphatic heterocycles. The zero-order valence-corrected chi connectivity index (χ0v) is 12.8. The first-order chi connectivity index (χ1) is 9.92.